The molecule has 0 bridgehead atoms. The highest BCUT2D eigenvalue weighted by Gasteiger charge is 2.08. The van der Waals surface area contributed by atoms with Crippen LogP contribution in [-0.2, 0) is 4.79 Å². The van der Waals surface area contributed by atoms with Crippen molar-refractivity contribution in [2.45, 2.75) is 13.0 Å². The molecular formula is C16H16BrFN2O. The summed E-state index contributed by atoms with van der Waals surface area (Å²) < 4.78 is 13.8. The largest absolute Gasteiger partial charge is 0.325 e. The lowest BCUT2D eigenvalue weighted by Gasteiger charge is -2.14. The first-order valence-corrected chi connectivity index (χ1v) is 7.38. The van der Waals surface area contributed by atoms with Crippen molar-refractivity contribution in [3.8, 4) is 0 Å². The van der Waals surface area contributed by atoms with Crippen molar-refractivity contribution in [1.82, 2.24) is 5.32 Å². The van der Waals surface area contributed by atoms with E-state index in [0.717, 1.165) is 10.0 Å². The quantitative estimate of drug-likeness (QED) is 0.859. The molecule has 0 spiro atoms. The van der Waals surface area contributed by atoms with Gasteiger partial charge in [0.15, 0.2) is 0 Å². The summed E-state index contributed by atoms with van der Waals surface area (Å²) in [5.41, 5.74) is 1.69. The zero-order valence-electron chi connectivity index (χ0n) is 11.6. The van der Waals surface area contributed by atoms with Crippen molar-refractivity contribution < 1.29 is 9.18 Å². The third-order valence-corrected chi connectivity index (χ3v) is 3.60. The number of carbonyl (C=O) groups is 1. The highest BCUT2D eigenvalue weighted by molar-refractivity contribution is 9.10. The molecule has 2 N–H and O–H groups in total. The van der Waals surface area contributed by atoms with E-state index in [9.17, 15) is 9.18 Å². The number of amides is 1. The highest BCUT2D eigenvalue weighted by atomic mass is 79.9. The van der Waals surface area contributed by atoms with Crippen molar-refractivity contribution in [2.24, 2.45) is 0 Å². The first-order chi connectivity index (χ1) is 10.0. The Kier molecular flexibility index (Phi) is 5.47. The number of carbonyl (C=O) groups excluding carboxylic acids is 1. The summed E-state index contributed by atoms with van der Waals surface area (Å²) in [6.07, 6.45) is 0. The minimum absolute atomic E-state index is 0.0667. The maximum Gasteiger partial charge on any atom is 0.238 e. The molecule has 0 fully saturated rings. The predicted octanol–water partition coefficient (Wildman–Crippen LogP) is 3.88. The van der Waals surface area contributed by atoms with E-state index in [4.69, 9.17) is 0 Å². The first kappa shape index (κ1) is 15.7. The van der Waals surface area contributed by atoms with E-state index in [1.807, 2.05) is 31.2 Å². The lowest BCUT2D eigenvalue weighted by molar-refractivity contribution is -0.115. The van der Waals surface area contributed by atoms with Gasteiger partial charge in [-0.3, -0.25) is 4.79 Å². The molecule has 21 heavy (non-hydrogen) atoms. The molecule has 2 aromatic rings. The molecule has 0 radical (unpaired) electrons. The van der Waals surface area contributed by atoms with E-state index in [0.29, 0.717) is 5.69 Å². The summed E-state index contributed by atoms with van der Waals surface area (Å²) in [4.78, 5) is 11.8. The number of benzene rings is 2. The van der Waals surface area contributed by atoms with Crippen LogP contribution < -0.4 is 10.6 Å². The highest BCUT2D eigenvalue weighted by Crippen LogP contribution is 2.16. The standard InChI is InChI=1S/C16H16BrFN2O/c1-11(12-2-4-13(17)5-3-12)19-10-16(21)20-15-8-6-14(18)7-9-15/h2-9,11,19H,10H2,1H3,(H,20,21). The zero-order chi connectivity index (χ0) is 15.2. The van der Waals surface area contributed by atoms with Gasteiger partial charge in [0.2, 0.25) is 5.91 Å². The molecule has 5 heteroatoms. The van der Waals surface area contributed by atoms with Crippen LogP contribution >= 0.6 is 15.9 Å². The second kappa shape index (κ2) is 7.33. The zero-order valence-corrected chi connectivity index (χ0v) is 13.2. The number of hydrogen-bond donors (Lipinski definition) is 2. The third-order valence-electron chi connectivity index (χ3n) is 3.07. The Morgan fingerprint density at radius 2 is 1.76 bits per heavy atom. The van der Waals surface area contributed by atoms with E-state index in [-0.39, 0.29) is 24.3 Å². The van der Waals surface area contributed by atoms with E-state index in [1.165, 1.54) is 24.3 Å². The van der Waals surface area contributed by atoms with Crippen LogP contribution in [0.2, 0.25) is 0 Å². The van der Waals surface area contributed by atoms with Crippen molar-refractivity contribution in [3.63, 3.8) is 0 Å². The maximum absolute atomic E-state index is 12.8. The maximum atomic E-state index is 12.8. The van der Waals surface area contributed by atoms with Crippen molar-refractivity contribution in [2.75, 3.05) is 11.9 Å². The summed E-state index contributed by atoms with van der Waals surface area (Å²) in [5, 5.41) is 5.86. The molecule has 110 valence electrons. The van der Waals surface area contributed by atoms with Crippen LogP contribution in [0.1, 0.15) is 18.5 Å². The fourth-order valence-electron chi connectivity index (χ4n) is 1.85. The number of hydrogen-bond acceptors (Lipinski definition) is 2. The smallest absolute Gasteiger partial charge is 0.238 e. The average Bonchev–Trinajstić information content (AvgIpc) is 2.48. The molecule has 1 amide bonds. The Labute approximate surface area is 131 Å². The van der Waals surface area contributed by atoms with Crippen LogP contribution in [0.25, 0.3) is 0 Å². The van der Waals surface area contributed by atoms with Gasteiger partial charge in [-0.1, -0.05) is 28.1 Å². The summed E-state index contributed by atoms with van der Waals surface area (Å²) in [6.45, 7) is 2.18. The molecule has 2 rings (SSSR count). The number of nitrogens with one attached hydrogen (secondary N) is 2. The molecule has 1 unspecified atom stereocenters. The SMILES string of the molecule is CC(NCC(=O)Nc1ccc(F)cc1)c1ccc(Br)cc1. The second-order valence-corrected chi connectivity index (χ2v) is 5.62. The lowest BCUT2D eigenvalue weighted by atomic mass is 10.1. The molecule has 0 aromatic heterocycles. The number of rotatable bonds is 5. The van der Waals surface area contributed by atoms with Gasteiger partial charge >= 0.3 is 0 Å². The average molecular weight is 351 g/mol. The van der Waals surface area contributed by atoms with Gasteiger partial charge in [0.1, 0.15) is 5.82 Å². The van der Waals surface area contributed by atoms with E-state index in [1.54, 1.807) is 0 Å². The summed E-state index contributed by atoms with van der Waals surface area (Å²) in [7, 11) is 0. The summed E-state index contributed by atoms with van der Waals surface area (Å²) >= 11 is 3.39. The van der Waals surface area contributed by atoms with Gasteiger partial charge in [0, 0.05) is 16.2 Å². The molecule has 3 nitrogen and oxygen atoms in total. The molecule has 0 aliphatic carbocycles. The van der Waals surface area contributed by atoms with E-state index < -0.39 is 0 Å². The van der Waals surface area contributed by atoms with Gasteiger partial charge < -0.3 is 10.6 Å². The topological polar surface area (TPSA) is 41.1 Å². The Hall–Kier alpha value is -1.72. The molecule has 2 aromatic carbocycles. The van der Waals surface area contributed by atoms with Gasteiger partial charge in [0.25, 0.3) is 0 Å². The monoisotopic (exact) mass is 350 g/mol. The minimum atomic E-state index is -0.324. The van der Waals surface area contributed by atoms with Gasteiger partial charge in [-0.05, 0) is 48.9 Å². The van der Waals surface area contributed by atoms with Crippen LogP contribution in [0.3, 0.4) is 0 Å². The van der Waals surface area contributed by atoms with Crippen LogP contribution in [0, 0.1) is 5.82 Å². The number of halogens is 2. The van der Waals surface area contributed by atoms with Crippen LogP contribution in [0.4, 0.5) is 10.1 Å². The van der Waals surface area contributed by atoms with Gasteiger partial charge in [-0.2, -0.15) is 0 Å². The Morgan fingerprint density at radius 1 is 1.14 bits per heavy atom. The van der Waals surface area contributed by atoms with Gasteiger partial charge in [-0.15, -0.1) is 0 Å². The summed E-state index contributed by atoms with van der Waals surface area (Å²) in [6, 6.07) is 13.7. The van der Waals surface area contributed by atoms with Crippen LogP contribution in [0.15, 0.2) is 53.0 Å². The second-order valence-electron chi connectivity index (χ2n) is 4.71. The molecule has 0 heterocycles. The first-order valence-electron chi connectivity index (χ1n) is 6.59. The van der Waals surface area contributed by atoms with Crippen LogP contribution in [-0.4, -0.2) is 12.5 Å². The van der Waals surface area contributed by atoms with Crippen molar-refractivity contribution in [3.05, 3.63) is 64.4 Å². The Morgan fingerprint density at radius 3 is 2.38 bits per heavy atom. The number of anilines is 1. The fraction of sp³-hybridized carbons (Fsp3) is 0.188. The minimum Gasteiger partial charge on any atom is -0.325 e. The van der Waals surface area contributed by atoms with E-state index >= 15 is 0 Å². The molecule has 1 atom stereocenters. The van der Waals surface area contributed by atoms with Crippen LogP contribution in [0.5, 0.6) is 0 Å². The molecule has 0 saturated carbocycles. The molecule has 0 saturated heterocycles. The lowest BCUT2D eigenvalue weighted by Crippen LogP contribution is -2.30. The van der Waals surface area contributed by atoms with Crippen molar-refractivity contribution in [1.29, 1.82) is 0 Å². The Balaban J connectivity index is 1.83. The molecular weight excluding hydrogens is 335 g/mol. The summed E-state index contributed by atoms with van der Waals surface area (Å²) in [5.74, 6) is -0.486. The Bertz CT molecular complexity index is 599. The molecule has 0 aliphatic rings. The van der Waals surface area contributed by atoms with Crippen molar-refractivity contribution >= 4 is 27.5 Å². The van der Waals surface area contributed by atoms with Gasteiger partial charge in [0.05, 0.1) is 6.54 Å². The fourth-order valence-corrected chi connectivity index (χ4v) is 2.12. The van der Waals surface area contributed by atoms with E-state index in [2.05, 4.69) is 26.6 Å². The van der Waals surface area contributed by atoms with Gasteiger partial charge in [-0.25, -0.2) is 4.39 Å². The normalized spacial score (nSPS) is 12.0. The predicted molar refractivity (Wildman–Crippen MR) is 85.6 cm³/mol. The third kappa shape index (κ3) is 4.95. The molecule has 0 aliphatic heterocycles.